The minimum atomic E-state index is -0.255. The Hall–Kier alpha value is -2.38. The molecule has 0 radical (unpaired) electrons. The zero-order chi connectivity index (χ0) is 17.8. The number of para-hydroxylation sites is 1. The summed E-state index contributed by atoms with van der Waals surface area (Å²) in [7, 11) is 1.61. The number of rotatable bonds is 3. The molecule has 8 heteroatoms. The molecule has 2 unspecified atom stereocenters. The fraction of sp³-hybridized carbons (Fsp3) is 0.389. The van der Waals surface area contributed by atoms with Gasteiger partial charge in [0, 0.05) is 44.2 Å². The average molecular weight is 372 g/mol. The van der Waals surface area contributed by atoms with E-state index in [4.69, 9.17) is 16.1 Å². The SMILES string of the molecule is Cn1ncc(N2CC3CC(C2)N3Cc2noc3ccccc23)c(Cl)c1=O. The first-order valence-corrected chi connectivity index (χ1v) is 9.05. The lowest BCUT2D eigenvalue weighted by Gasteiger charge is -2.56. The zero-order valence-corrected chi connectivity index (χ0v) is 15.1. The maximum atomic E-state index is 12.0. The van der Waals surface area contributed by atoms with E-state index in [0.29, 0.717) is 12.1 Å². The van der Waals surface area contributed by atoms with Crippen molar-refractivity contribution in [3.63, 3.8) is 0 Å². The number of aromatic nitrogens is 3. The molecule has 3 aromatic rings. The first kappa shape index (κ1) is 15.8. The highest BCUT2D eigenvalue weighted by Gasteiger charge is 2.45. The number of nitrogens with zero attached hydrogens (tertiary/aromatic N) is 5. The number of hydrogen-bond acceptors (Lipinski definition) is 6. The van der Waals surface area contributed by atoms with E-state index in [1.165, 1.54) is 4.68 Å². The Labute approximate surface area is 154 Å². The molecule has 6 rings (SSSR count). The van der Waals surface area contributed by atoms with Crippen LogP contribution in [0.4, 0.5) is 5.69 Å². The van der Waals surface area contributed by atoms with Gasteiger partial charge in [-0.05, 0) is 18.6 Å². The van der Waals surface area contributed by atoms with Gasteiger partial charge in [-0.3, -0.25) is 9.69 Å². The molecule has 3 aliphatic rings. The number of benzene rings is 1. The third-order valence-electron chi connectivity index (χ3n) is 5.53. The molecular formula is C18H18ClN5O2. The lowest BCUT2D eigenvalue weighted by molar-refractivity contribution is -0.00976. The average Bonchev–Trinajstić information content (AvgIpc) is 3.07. The Morgan fingerprint density at radius 2 is 2.04 bits per heavy atom. The molecule has 3 aliphatic heterocycles. The van der Waals surface area contributed by atoms with Gasteiger partial charge in [-0.2, -0.15) is 5.10 Å². The van der Waals surface area contributed by atoms with Crippen molar-refractivity contribution in [3.8, 4) is 0 Å². The Bertz CT molecular complexity index is 1030. The summed E-state index contributed by atoms with van der Waals surface area (Å²) in [6, 6.07) is 8.79. The van der Waals surface area contributed by atoms with Crippen molar-refractivity contribution in [1.82, 2.24) is 19.8 Å². The van der Waals surface area contributed by atoms with Gasteiger partial charge in [0.2, 0.25) is 0 Å². The smallest absolute Gasteiger partial charge is 0.287 e. The topological polar surface area (TPSA) is 67.4 Å². The summed E-state index contributed by atoms with van der Waals surface area (Å²) in [5, 5.41) is 9.69. The van der Waals surface area contributed by atoms with E-state index in [2.05, 4.69) is 20.1 Å². The Balaban J connectivity index is 1.35. The first-order chi connectivity index (χ1) is 12.6. The molecule has 2 atom stereocenters. The quantitative estimate of drug-likeness (QED) is 0.702. The number of halogens is 1. The molecular weight excluding hydrogens is 354 g/mol. The monoisotopic (exact) mass is 371 g/mol. The standard InChI is InChI=1S/C18H18ClN5O2/c1-22-18(25)17(19)15(7-20-22)23-8-11-6-12(9-23)24(11)10-14-13-4-2-3-5-16(13)26-21-14/h2-5,7,11-12H,6,8-10H2,1H3. The maximum absolute atomic E-state index is 12.0. The van der Waals surface area contributed by atoms with Crippen LogP contribution in [0.2, 0.25) is 5.02 Å². The number of hydrogen-bond donors (Lipinski definition) is 0. The van der Waals surface area contributed by atoms with Crippen molar-refractivity contribution >= 4 is 28.3 Å². The van der Waals surface area contributed by atoms with Crippen LogP contribution in [-0.2, 0) is 13.6 Å². The van der Waals surface area contributed by atoms with Gasteiger partial charge in [-0.15, -0.1) is 0 Å². The molecule has 0 spiro atoms. The zero-order valence-electron chi connectivity index (χ0n) is 14.3. The largest absolute Gasteiger partial charge is 0.366 e. The van der Waals surface area contributed by atoms with Gasteiger partial charge < -0.3 is 9.42 Å². The highest BCUT2D eigenvalue weighted by Crippen LogP contribution is 2.37. The van der Waals surface area contributed by atoms with Gasteiger partial charge in [0.15, 0.2) is 5.58 Å². The second-order valence-corrected chi connectivity index (χ2v) is 7.40. The summed E-state index contributed by atoms with van der Waals surface area (Å²) in [4.78, 5) is 16.7. The van der Waals surface area contributed by atoms with E-state index in [9.17, 15) is 4.79 Å². The number of anilines is 1. The Morgan fingerprint density at radius 3 is 2.85 bits per heavy atom. The van der Waals surface area contributed by atoms with Gasteiger partial charge in [0.25, 0.3) is 5.56 Å². The van der Waals surface area contributed by atoms with E-state index in [1.54, 1.807) is 13.2 Å². The second-order valence-electron chi connectivity index (χ2n) is 7.02. The molecule has 0 N–H and O–H groups in total. The van der Waals surface area contributed by atoms with Crippen molar-refractivity contribution in [2.45, 2.75) is 25.0 Å². The molecule has 26 heavy (non-hydrogen) atoms. The first-order valence-electron chi connectivity index (χ1n) is 8.67. The lowest BCUT2D eigenvalue weighted by atomic mass is 9.87. The van der Waals surface area contributed by atoms with Crippen LogP contribution in [0.15, 0.2) is 39.8 Å². The molecule has 5 heterocycles. The number of piperidine rings is 1. The van der Waals surface area contributed by atoms with Crippen LogP contribution < -0.4 is 10.5 Å². The summed E-state index contributed by atoms with van der Waals surface area (Å²) in [5.41, 5.74) is 2.29. The van der Waals surface area contributed by atoms with E-state index in [1.807, 2.05) is 24.3 Å². The number of piperazine rings is 1. The van der Waals surface area contributed by atoms with Crippen LogP contribution in [-0.4, -0.2) is 45.0 Å². The van der Waals surface area contributed by atoms with Crippen molar-refractivity contribution in [2.75, 3.05) is 18.0 Å². The molecule has 3 saturated heterocycles. The molecule has 0 aliphatic carbocycles. The third kappa shape index (κ3) is 2.34. The summed E-state index contributed by atoms with van der Waals surface area (Å²) in [6.45, 7) is 2.45. The molecule has 134 valence electrons. The molecule has 0 saturated carbocycles. The molecule has 3 fully saturated rings. The Kier molecular flexibility index (Phi) is 3.55. The van der Waals surface area contributed by atoms with Crippen molar-refractivity contribution in [1.29, 1.82) is 0 Å². The molecule has 1 aromatic carbocycles. The van der Waals surface area contributed by atoms with E-state index in [-0.39, 0.29) is 10.6 Å². The summed E-state index contributed by atoms with van der Waals surface area (Å²) in [6.07, 6.45) is 2.84. The van der Waals surface area contributed by atoms with Gasteiger partial charge in [-0.1, -0.05) is 28.9 Å². The molecule has 7 nitrogen and oxygen atoms in total. The van der Waals surface area contributed by atoms with Crippen molar-refractivity contribution in [2.24, 2.45) is 7.05 Å². The normalized spacial score (nSPS) is 22.6. The maximum Gasteiger partial charge on any atom is 0.287 e. The fourth-order valence-corrected chi connectivity index (χ4v) is 4.38. The summed E-state index contributed by atoms with van der Waals surface area (Å²) >= 11 is 6.26. The highest BCUT2D eigenvalue weighted by molar-refractivity contribution is 6.33. The third-order valence-corrected chi connectivity index (χ3v) is 5.88. The van der Waals surface area contributed by atoms with Crippen LogP contribution in [0.25, 0.3) is 11.0 Å². The molecule has 0 amide bonds. The van der Waals surface area contributed by atoms with Crippen LogP contribution in [0.3, 0.4) is 0 Å². The molecule has 2 aromatic heterocycles. The van der Waals surface area contributed by atoms with Gasteiger partial charge in [0.05, 0.1) is 11.9 Å². The fourth-order valence-electron chi connectivity index (χ4n) is 4.09. The van der Waals surface area contributed by atoms with Gasteiger partial charge in [-0.25, -0.2) is 4.68 Å². The van der Waals surface area contributed by atoms with Crippen LogP contribution >= 0.6 is 11.6 Å². The second kappa shape index (κ2) is 5.82. The van der Waals surface area contributed by atoms with Gasteiger partial charge >= 0.3 is 0 Å². The van der Waals surface area contributed by atoms with Crippen LogP contribution in [0.1, 0.15) is 12.1 Å². The Morgan fingerprint density at radius 1 is 1.27 bits per heavy atom. The van der Waals surface area contributed by atoms with Crippen LogP contribution in [0.5, 0.6) is 0 Å². The van der Waals surface area contributed by atoms with Crippen molar-refractivity contribution < 1.29 is 4.52 Å². The number of fused-ring (bicyclic) bond motifs is 3. The predicted octanol–water partition coefficient (Wildman–Crippen LogP) is 2.04. The summed E-state index contributed by atoms with van der Waals surface area (Å²) < 4.78 is 6.68. The highest BCUT2D eigenvalue weighted by atomic mass is 35.5. The lowest BCUT2D eigenvalue weighted by Crippen LogP contribution is -2.68. The van der Waals surface area contributed by atoms with Gasteiger partial charge in [0.1, 0.15) is 10.7 Å². The summed E-state index contributed by atoms with van der Waals surface area (Å²) in [5.74, 6) is 0. The minimum Gasteiger partial charge on any atom is -0.366 e. The van der Waals surface area contributed by atoms with E-state index < -0.39 is 0 Å². The molecule has 2 bridgehead atoms. The van der Waals surface area contributed by atoms with E-state index >= 15 is 0 Å². The van der Waals surface area contributed by atoms with E-state index in [0.717, 1.165) is 48.4 Å². The number of aryl methyl sites for hydroxylation is 1. The predicted molar refractivity (Wildman–Crippen MR) is 98.4 cm³/mol. The minimum absolute atomic E-state index is 0.248. The van der Waals surface area contributed by atoms with Crippen molar-refractivity contribution in [3.05, 3.63) is 51.5 Å². The van der Waals surface area contributed by atoms with Crippen LogP contribution in [0, 0.1) is 0 Å².